The molecule has 0 aromatic heterocycles. The number of halogens is 1. The van der Waals surface area contributed by atoms with E-state index in [1.807, 2.05) is 24.3 Å². The van der Waals surface area contributed by atoms with Crippen molar-refractivity contribution in [3.8, 4) is 0 Å². The zero-order chi connectivity index (χ0) is 20.5. The monoisotopic (exact) mass is 516 g/mol. The van der Waals surface area contributed by atoms with Gasteiger partial charge in [-0.25, -0.2) is 0 Å². The molecule has 6 heteroatoms. The normalized spacial score (nSPS) is 10.9. The average molecular weight is 516 g/mol. The fraction of sp³-hybridized carbons (Fsp3) is 0.250. The van der Waals surface area contributed by atoms with Gasteiger partial charge in [0.15, 0.2) is 5.96 Å². The molecule has 0 atom stereocenters. The number of hydrogen-bond donors (Lipinski definition) is 3. The Kier molecular flexibility index (Phi) is 9.60. The second-order valence-electron chi connectivity index (χ2n) is 6.89. The summed E-state index contributed by atoms with van der Waals surface area (Å²) in [6.45, 7) is 1.55. The number of benzene rings is 3. The molecule has 5 nitrogen and oxygen atoms in total. The van der Waals surface area contributed by atoms with E-state index in [4.69, 9.17) is 0 Å². The molecule has 0 aliphatic heterocycles. The van der Waals surface area contributed by atoms with Crippen molar-refractivity contribution in [3.05, 3.63) is 83.4 Å². The minimum absolute atomic E-state index is 0. The van der Waals surface area contributed by atoms with Gasteiger partial charge in [0.05, 0.1) is 0 Å². The summed E-state index contributed by atoms with van der Waals surface area (Å²) < 4.78 is 0. The molecule has 3 aromatic carbocycles. The van der Waals surface area contributed by atoms with E-state index in [-0.39, 0.29) is 29.9 Å². The number of guanidine groups is 1. The Morgan fingerprint density at radius 2 is 1.50 bits per heavy atom. The highest BCUT2D eigenvalue weighted by Gasteiger charge is 2.04. The molecule has 0 spiro atoms. The van der Waals surface area contributed by atoms with Gasteiger partial charge in [0.1, 0.15) is 0 Å². The van der Waals surface area contributed by atoms with Gasteiger partial charge >= 0.3 is 0 Å². The standard InChI is InChI=1S/C24H28N4O.HI/c1-25-23(29)22-9-5-6-18(17-22)12-14-27-24(26-2)28-15-13-19-10-11-20-7-3-4-8-21(20)16-19;/h3-11,16-17H,12-15H2,1-2H3,(H,25,29)(H2,26,27,28);1H. The van der Waals surface area contributed by atoms with E-state index in [9.17, 15) is 4.79 Å². The highest BCUT2D eigenvalue weighted by molar-refractivity contribution is 14.0. The molecule has 0 fully saturated rings. The van der Waals surface area contributed by atoms with Crippen molar-refractivity contribution in [1.82, 2.24) is 16.0 Å². The van der Waals surface area contributed by atoms with Gasteiger partial charge in [0.25, 0.3) is 5.91 Å². The van der Waals surface area contributed by atoms with Crippen LogP contribution >= 0.6 is 24.0 Å². The summed E-state index contributed by atoms with van der Waals surface area (Å²) in [4.78, 5) is 16.0. The van der Waals surface area contributed by atoms with Crippen LogP contribution in [0.25, 0.3) is 10.8 Å². The summed E-state index contributed by atoms with van der Waals surface area (Å²) in [6.07, 6.45) is 1.75. The van der Waals surface area contributed by atoms with Crippen molar-refractivity contribution in [2.75, 3.05) is 27.2 Å². The minimum Gasteiger partial charge on any atom is -0.356 e. The van der Waals surface area contributed by atoms with Crippen LogP contribution < -0.4 is 16.0 Å². The molecule has 0 aliphatic rings. The first kappa shape index (κ1) is 23.7. The molecule has 0 radical (unpaired) electrons. The molecular weight excluding hydrogens is 487 g/mol. The fourth-order valence-electron chi connectivity index (χ4n) is 3.28. The van der Waals surface area contributed by atoms with E-state index in [0.717, 1.165) is 37.5 Å². The molecule has 0 saturated carbocycles. The fourth-order valence-corrected chi connectivity index (χ4v) is 3.28. The smallest absolute Gasteiger partial charge is 0.251 e. The first-order chi connectivity index (χ1) is 14.2. The summed E-state index contributed by atoms with van der Waals surface area (Å²) in [5.74, 6) is 0.722. The average Bonchev–Trinajstić information content (AvgIpc) is 2.77. The van der Waals surface area contributed by atoms with Gasteiger partial charge in [0, 0.05) is 32.7 Å². The van der Waals surface area contributed by atoms with Crippen molar-refractivity contribution in [3.63, 3.8) is 0 Å². The van der Waals surface area contributed by atoms with E-state index in [0.29, 0.717) is 5.56 Å². The van der Waals surface area contributed by atoms with Gasteiger partial charge in [-0.05, 0) is 46.9 Å². The summed E-state index contributed by atoms with van der Waals surface area (Å²) in [7, 11) is 3.42. The van der Waals surface area contributed by atoms with E-state index in [1.165, 1.54) is 16.3 Å². The third-order valence-electron chi connectivity index (χ3n) is 4.87. The second-order valence-corrected chi connectivity index (χ2v) is 6.89. The predicted octanol–water partition coefficient (Wildman–Crippen LogP) is 3.77. The number of carbonyl (C=O) groups excluding carboxylic acids is 1. The lowest BCUT2D eigenvalue weighted by molar-refractivity contribution is 0.0963. The molecule has 3 aromatic rings. The number of amides is 1. The molecule has 30 heavy (non-hydrogen) atoms. The zero-order valence-electron chi connectivity index (χ0n) is 17.4. The molecule has 158 valence electrons. The van der Waals surface area contributed by atoms with Crippen LogP contribution in [0.2, 0.25) is 0 Å². The molecule has 0 aliphatic carbocycles. The quantitative estimate of drug-likeness (QED) is 0.255. The first-order valence-electron chi connectivity index (χ1n) is 9.93. The maximum Gasteiger partial charge on any atom is 0.251 e. The van der Waals surface area contributed by atoms with E-state index >= 15 is 0 Å². The molecule has 0 bridgehead atoms. The van der Waals surface area contributed by atoms with Gasteiger partial charge in [-0.3, -0.25) is 9.79 Å². The number of fused-ring (bicyclic) bond motifs is 1. The van der Waals surface area contributed by atoms with Crippen LogP contribution in [0.4, 0.5) is 0 Å². The van der Waals surface area contributed by atoms with Gasteiger partial charge in [-0.15, -0.1) is 24.0 Å². The number of aliphatic imine (C=N–C) groups is 1. The molecular formula is C24H29IN4O. The summed E-state index contributed by atoms with van der Waals surface area (Å²) >= 11 is 0. The highest BCUT2D eigenvalue weighted by Crippen LogP contribution is 2.15. The van der Waals surface area contributed by atoms with Crippen LogP contribution in [0.3, 0.4) is 0 Å². The third-order valence-corrected chi connectivity index (χ3v) is 4.87. The molecule has 0 unspecified atom stereocenters. The minimum atomic E-state index is -0.0639. The van der Waals surface area contributed by atoms with Crippen LogP contribution in [0.5, 0.6) is 0 Å². The Labute approximate surface area is 195 Å². The lowest BCUT2D eigenvalue weighted by Gasteiger charge is -2.12. The number of hydrogen-bond acceptors (Lipinski definition) is 2. The molecule has 1 amide bonds. The maximum absolute atomic E-state index is 11.7. The largest absolute Gasteiger partial charge is 0.356 e. The van der Waals surface area contributed by atoms with Crippen molar-refractivity contribution in [2.24, 2.45) is 4.99 Å². The van der Waals surface area contributed by atoms with Gasteiger partial charge < -0.3 is 16.0 Å². The topological polar surface area (TPSA) is 65.5 Å². The Morgan fingerprint density at radius 3 is 2.17 bits per heavy atom. The van der Waals surface area contributed by atoms with Crippen LogP contribution in [-0.2, 0) is 12.8 Å². The Bertz CT molecular complexity index is 1000. The van der Waals surface area contributed by atoms with Gasteiger partial charge in [0.2, 0.25) is 0 Å². The second kappa shape index (κ2) is 12.2. The van der Waals surface area contributed by atoms with E-state index in [1.54, 1.807) is 14.1 Å². The summed E-state index contributed by atoms with van der Waals surface area (Å²) in [6, 6.07) is 22.7. The van der Waals surface area contributed by atoms with Crippen LogP contribution in [-0.4, -0.2) is 39.1 Å². The van der Waals surface area contributed by atoms with Crippen molar-refractivity contribution in [2.45, 2.75) is 12.8 Å². The van der Waals surface area contributed by atoms with Crippen LogP contribution in [0, 0.1) is 0 Å². The lowest BCUT2D eigenvalue weighted by atomic mass is 10.1. The van der Waals surface area contributed by atoms with E-state index in [2.05, 4.69) is 63.4 Å². The number of nitrogens with one attached hydrogen (secondary N) is 3. The van der Waals surface area contributed by atoms with Crippen molar-refractivity contribution in [1.29, 1.82) is 0 Å². The van der Waals surface area contributed by atoms with Crippen molar-refractivity contribution >= 4 is 46.6 Å². The third kappa shape index (κ3) is 6.73. The Hall–Kier alpha value is -2.61. The molecule has 0 heterocycles. The summed E-state index contributed by atoms with van der Waals surface area (Å²) in [5.41, 5.74) is 3.10. The zero-order valence-corrected chi connectivity index (χ0v) is 19.8. The van der Waals surface area contributed by atoms with Gasteiger partial charge in [-0.1, -0.05) is 54.6 Å². The Morgan fingerprint density at radius 1 is 0.833 bits per heavy atom. The van der Waals surface area contributed by atoms with Crippen LogP contribution in [0.15, 0.2) is 71.7 Å². The Balaban J connectivity index is 0.00000320. The highest BCUT2D eigenvalue weighted by atomic mass is 127. The molecule has 0 saturated heterocycles. The van der Waals surface area contributed by atoms with E-state index < -0.39 is 0 Å². The van der Waals surface area contributed by atoms with Crippen LogP contribution in [0.1, 0.15) is 21.5 Å². The van der Waals surface area contributed by atoms with Crippen molar-refractivity contribution < 1.29 is 4.79 Å². The number of carbonyl (C=O) groups is 1. The molecule has 3 N–H and O–H groups in total. The van der Waals surface area contributed by atoms with Gasteiger partial charge in [-0.2, -0.15) is 0 Å². The SMILES string of the molecule is CN=C(NCCc1cccc(C(=O)NC)c1)NCCc1ccc2ccccc2c1.I. The number of nitrogens with zero attached hydrogens (tertiary/aromatic N) is 1. The lowest BCUT2D eigenvalue weighted by Crippen LogP contribution is -2.39. The summed E-state index contributed by atoms with van der Waals surface area (Å²) in [5, 5.41) is 11.9. The number of rotatable bonds is 7. The maximum atomic E-state index is 11.7. The first-order valence-corrected chi connectivity index (χ1v) is 9.93. The predicted molar refractivity (Wildman–Crippen MR) is 136 cm³/mol. The molecule has 3 rings (SSSR count).